The van der Waals surface area contributed by atoms with Crippen LogP contribution in [-0.2, 0) is 28.6 Å². The summed E-state index contributed by atoms with van der Waals surface area (Å²) in [5.41, 5.74) is 0. The number of ether oxygens (including phenoxy) is 3. The van der Waals surface area contributed by atoms with Crippen molar-refractivity contribution in [3.63, 3.8) is 0 Å². The second kappa shape index (κ2) is 46.3. The molecule has 0 aromatic rings. The van der Waals surface area contributed by atoms with Gasteiger partial charge in [-0.25, -0.2) is 0 Å². The maximum atomic E-state index is 12.7. The molecular weight excluding hydrogens is 709 g/mol. The zero-order valence-corrected chi connectivity index (χ0v) is 37.9. The van der Waals surface area contributed by atoms with Gasteiger partial charge in [0.2, 0.25) is 0 Å². The molecule has 57 heavy (non-hydrogen) atoms. The van der Waals surface area contributed by atoms with Crippen LogP contribution in [0.3, 0.4) is 0 Å². The van der Waals surface area contributed by atoms with Crippen LogP contribution in [0.1, 0.15) is 252 Å². The van der Waals surface area contributed by atoms with E-state index in [9.17, 15) is 14.4 Å². The van der Waals surface area contributed by atoms with E-state index in [1.165, 1.54) is 128 Å². The Morgan fingerprint density at radius 1 is 0.351 bits per heavy atom. The van der Waals surface area contributed by atoms with Crippen molar-refractivity contribution in [1.29, 1.82) is 0 Å². The molecule has 0 aromatic carbocycles. The van der Waals surface area contributed by atoms with E-state index in [4.69, 9.17) is 14.2 Å². The third-order valence-electron chi connectivity index (χ3n) is 10.6. The van der Waals surface area contributed by atoms with Crippen LogP contribution in [0.15, 0.2) is 36.5 Å². The average Bonchev–Trinajstić information content (AvgIpc) is 3.21. The summed E-state index contributed by atoms with van der Waals surface area (Å²) in [5.74, 6) is -0.914. The first-order valence-electron chi connectivity index (χ1n) is 24.5. The van der Waals surface area contributed by atoms with Gasteiger partial charge in [-0.1, -0.05) is 205 Å². The van der Waals surface area contributed by atoms with Crippen molar-refractivity contribution in [2.45, 2.75) is 258 Å². The van der Waals surface area contributed by atoms with Gasteiger partial charge in [-0.2, -0.15) is 0 Å². The fraction of sp³-hybridized carbons (Fsp3) is 0.824. The van der Waals surface area contributed by atoms with E-state index in [-0.39, 0.29) is 31.1 Å². The Kier molecular flexibility index (Phi) is 44.4. The average molecular weight is 801 g/mol. The molecule has 0 N–H and O–H groups in total. The highest BCUT2D eigenvalue weighted by Crippen LogP contribution is 2.15. The molecule has 0 spiro atoms. The predicted octanol–water partition coefficient (Wildman–Crippen LogP) is 15.8. The summed E-state index contributed by atoms with van der Waals surface area (Å²) >= 11 is 0. The largest absolute Gasteiger partial charge is 0.462 e. The number of hydrogen-bond acceptors (Lipinski definition) is 6. The highest BCUT2D eigenvalue weighted by molar-refractivity contribution is 5.71. The first-order valence-corrected chi connectivity index (χ1v) is 24.5. The van der Waals surface area contributed by atoms with Crippen LogP contribution in [0.4, 0.5) is 0 Å². The standard InChI is InChI=1S/C51H92O6/c1-4-7-10-13-16-19-22-24-25-26-27-30-32-35-38-41-44-50(53)56-47-48(46-55-49(52)43-40-37-34-31-28-21-18-15-12-9-6-3)57-51(54)45-42-39-36-33-29-23-20-17-14-11-8-5-2/h15,17-18,20-21,28,48H,4-14,16,19,22-27,29-47H2,1-3H3/b18-15-,20-17-,28-21-. The van der Waals surface area contributed by atoms with E-state index >= 15 is 0 Å². The molecular formula is C51H92O6. The number of hydrogen-bond donors (Lipinski definition) is 0. The summed E-state index contributed by atoms with van der Waals surface area (Å²) in [5, 5.41) is 0. The van der Waals surface area contributed by atoms with E-state index in [2.05, 4.69) is 57.2 Å². The maximum Gasteiger partial charge on any atom is 0.306 e. The van der Waals surface area contributed by atoms with Gasteiger partial charge >= 0.3 is 17.9 Å². The van der Waals surface area contributed by atoms with E-state index in [1.807, 2.05) is 0 Å². The van der Waals surface area contributed by atoms with E-state index in [1.54, 1.807) is 0 Å². The van der Waals surface area contributed by atoms with Gasteiger partial charge in [-0.05, 0) is 64.2 Å². The molecule has 0 saturated carbocycles. The molecule has 1 atom stereocenters. The van der Waals surface area contributed by atoms with Crippen LogP contribution in [0.5, 0.6) is 0 Å². The fourth-order valence-electron chi connectivity index (χ4n) is 6.88. The quantitative estimate of drug-likeness (QED) is 0.0201. The molecule has 6 heteroatoms. The summed E-state index contributed by atoms with van der Waals surface area (Å²) in [6, 6.07) is 0. The Morgan fingerprint density at radius 2 is 0.649 bits per heavy atom. The van der Waals surface area contributed by atoms with Crippen LogP contribution < -0.4 is 0 Å². The fourth-order valence-corrected chi connectivity index (χ4v) is 6.88. The Labute approximate surface area is 353 Å². The Bertz CT molecular complexity index is 969. The van der Waals surface area contributed by atoms with Crippen molar-refractivity contribution < 1.29 is 28.6 Å². The van der Waals surface area contributed by atoms with Gasteiger partial charge in [0.15, 0.2) is 6.10 Å². The van der Waals surface area contributed by atoms with Gasteiger partial charge < -0.3 is 14.2 Å². The summed E-state index contributed by atoms with van der Waals surface area (Å²) in [4.78, 5) is 37.8. The minimum absolute atomic E-state index is 0.0815. The second-order valence-corrected chi connectivity index (χ2v) is 16.4. The lowest BCUT2D eigenvalue weighted by molar-refractivity contribution is -0.167. The molecule has 0 saturated heterocycles. The van der Waals surface area contributed by atoms with Gasteiger partial charge in [0, 0.05) is 19.3 Å². The summed E-state index contributed by atoms with van der Waals surface area (Å²) in [6.45, 7) is 6.54. The van der Waals surface area contributed by atoms with Crippen LogP contribution in [-0.4, -0.2) is 37.2 Å². The number of rotatable bonds is 44. The molecule has 0 aliphatic carbocycles. The smallest absolute Gasteiger partial charge is 0.306 e. The Morgan fingerprint density at radius 3 is 1.09 bits per heavy atom. The molecule has 0 aliphatic rings. The molecule has 0 amide bonds. The minimum Gasteiger partial charge on any atom is -0.462 e. The summed E-state index contributed by atoms with van der Waals surface area (Å²) in [7, 11) is 0. The minimum atomic E-state index is -0.782. The van der Waals surface area contributed by atoms with Gasteiger partial charge in [-0.3, -0.25) is 14.4 Å². The SMILES string of the molecule is CCCC/C=C\C=C/CCCCCC(=O)OCC(COC(=O)CCCCCCCCCCCCCCCCCC)OC(=O)CCCCCCC/C=C\CCCCC. The lowest BCUT2D eigenvalue weighted by Gasteiger charge is -2.18. The van der Waals surface area contributed by atoms with Gasteiger partial charge in [-0.15, -0.1) is 0 Å². The third-order valence-corrected chi connectivity index (χ3v) is 10.6. The molecule has 0 rings (SSSR count). The molecule has 0 heterocycles. The molecule has 332 valence electrons. The van der Waals surface area contributed by atoms with Crippen molar-refractivity contribution in [1.82, 2.24) is 0 Å². The first-order chi connectivity index (χ1) is 28.0. The lowest BCUT2D eigenvalue weighted by Crippen LogP contribution is -2.30. The number of carbonyl (C=O) groups excluding carboxylic acids is 3. The first kappa shape index (κ1) is 54.6. The van der Waals surface area contributed by atoms with Crippen molar-refractivity contribution >= 4 is 17.9 Å². The lowest BCUT2D eigenvalue weighted by atomic mass is 10.0. The van der Waals surface area contributed by atoms with Crippen LogP contribution in [0.25, 0.3) is 0 Å². The topological polar surface area (TPSA) is 78.9 Å². The molecule has 0 aromatic heterocycles. The predicted molar refractivity (Wildman–Crippen MR) is 242 cm³/mol. The number of carbonyl (C=O) groups is 3. The van der Waals surface area contributed by atoms with Crippen molar-refractivity contribution in [3.8, 4) is 0 Å². The second-order valence-electron chi connectivity index (χ2n) is 16.4. The number of allylic oxidation sites excluding steroid dienone is 6. The Balaban J connectivity index is 4.35. The van der Waals surface area contributed by atoms with E-state index < -0.39 is 6.10 Å². The molecule has 6 nitrogen and oxygen atoms in total. The molecule has 0 radical (unpaired) electrons. The molecule has 0 bridgehead atoms. The van der Waals surface area contributed by atoms with Crippen LogP contribution >= 0.6 is 0 Å². The number of esters is 3. The zero-order valence-electron chi connectivity index (χ0n) is 37.9. The van der Waals surface area contributed by atoms with E-state index in [0.29, 0.717) is 19.3 Å². The highest BCUT2D eigenvalue weighted by atomic mass is 16.6. The van der Waals surface area contributed by atoms with Gasteiger partial charge in [0.25, 0.3) is 0 Å². The highest BCUT2D eigenvalue weighted by Gasteiger charge is 2.19. The van der Waals surface area contributed by atoms with Crippen LogP contribution in [0, 0.1) is 0 Å². The number of unbranched alkanes of at least 4 members (excludes halogenated alkanes) is 28. The van der Waals surface area contributed by atoms with Gasteiger partial charge in [0.1, 0.15) is 13.2 Å². The third kappa shape index (κ3) is 44.6. The summed E-state index contributed by atoms with van der Waals surface area (Å²) < 4.78 is 16.7. The van der Waals surface area contributed by atoms with E-state index in [0.717, 1.165) is 83.5 Å². The van der Waals surface area contributed by atoms with Crippen molar-refractivity contribution in [3.05, 3.63) is 36.5 Å². The van der Waals surface area contributed by atoms with Crippen LogP contribution in [0.2, 0.25) is 0 Å². The molecule has 1 unspecified atom stereocenters. The van der Waals surface area contributed by atoms with Gasteiger partial charge in [0.05, 0.1) is 0 Å². The molecule has 0 fully saturated rings. The molecule has 0 aliphatic heterocycles. The summed E-state index contributed by atoms with van der Waals surface area (Å²) in [6.07, 6.45) is 52.7. The Hall–Kier alpha value is -2.37. The monoisotopic (exact) mass is 801 g/mol. The maximum absolute atomic E-state index is 12.7. The normalized spacial score (nSPS) is 12.3. The van der Waals surface area contributed by atoms with Crippen molar-refractivity contribution in [2.75, 3.05) is 13.2 Å². The zero-order chi connectivity index (χ0) is 41.5. The van der Waals surface area contributed by atoms with Crippen molar-refractivity contribution in [2.24, 2.45) is 0 Å².